The minimum Gasteiger partial charge on any atom is -0.494 e. The van der Waals surface area contributed by atoms with Gasteiger partial charge in [-0.3, -0.25) is 4.79 Å². The molecular formula is C22H33N3O2S+2. The molecule has 152 valence electrons. The van der Waals surface area contributed by atoms with Gasteiger partial charge in [0.15, 0.2) is 0 Å². The first-order chi connectivity index (χ1) is 13.6. The molecule has 1 fully saturated rings. The Kier molecular flexibility index (Phi) is 7.48. The van der Waals surface area contributed by atoms with Crippen LogP contribution in [-0.2, 0) is 0 Å². The van der Waals surface area contributed by atoms with Crippen LogP contribution in [-0.4, -0.2) is 51.3 Å². The summed E-state index contributed by atoms with van der Waals surface area (Å²) in [6.45, 7) is 12.9. The molecule has 1 amide bonds. The monoisotopic (exact) mass is 403 g/mol. The predicted octanol–water partition coefficient (Wildman–Crippen LogP) is 0.810. The highest BCUT2D eigenvalue weighted by Crippen LogP contribution is 2.20. The standard InChI is InChI=1S/C22H31N3O2S/c1-4-24-12-14-25(15-13-24)21(20-7-6-16-28-20)17(3)23-22(26)18-8-10-19(11-9-18)27-5-2/h6-11,16-17,21H,4-5,12-15H2,1-3H3,(H,23,26)/p+2/t17-,21+/m1/s1. The quantitative estimate of drug-likeness (QED) is 0.611. The number of carbonyl (C=O) groups excluding carboxylic acids is 1. The van der Waals surface area contributed by atoms with Gasteiger partial charge < -0.3 is 19.9 Å². The van der Waals surface area contributed by atoms with Crippen molar-refractivity contribution in [1.82, 2.24) is 5.32 Å². The zero-order chi connectivity index (χ0) is 19.9. The van der Waals surface area contributed by atoms with Gasteiger partial charge in [0.05, 0.1) is 24.1 Å². The van der Waals surface area contributed by atoms with Gasteiger partial charge in [0.25, 0.3) is 5.91 Å². The molecule has 3 rings (SSSR count). The van der Waals surface area contributed by atoms with E-state index in [1.165, 1.54) is 24.5 Å². The molecular weight excluding hydrogens is 370 g/mol. The fourth-order valence-corrected chi connectivity index (χ4v) is 5.09. The lowest BCUT2D eigenvalue weighted by molar-refractivity contribution is -1.03. The van der Waals surface area contributed by atoms with Gasteiger partial charge in [-0.05, 0) is 56.5 Å². The van der Waals surface area contributed by atoms with Gasteiger partial charge in [0.1, 0.15) is 38.0 Å². The third-order valence-electron chi connectivity index (χ3n) is 5.68. The summed E-state index contributed by atoms with van der Waals surface area (Å²) in [5.41, 5.74) is 0.676. The fourth-order valence-electron chi connectivity index (χ4n) is 4.10. The third kappa shape index (κ3) is 5.13. The van der Waals surface area contributed by atoms with E-state index in [1.807, 2.05) is 31.2 Å². The average Bonchev–Trinajstić information content (AvgIpc) is 3.23. The average molecular weight is 404 g/mol. The highest BCUT2D eigenvalue weighted by molar-refractivity contribution is 7.10. The number of hydrogen-bond acceptors (Lipinski definition) is 3. The number of hydrogen-bond donors (Lipinski definition) is 3. The summed E-state index contributed by atoms with van der Waals surface area (Å²) in [7, 11) is 0. The Hall–Kier alpha value is -1.89. The van der Waals surface area contributed by atoms with Gasteiger partial charge in [-0.2, -0.15) is 0 Å². The first-order valence-corrected chi connectivity index (χ1v) is 11.3. The van der Waals surface area contributed by atoms with E-state index in [9.17, 15) is 4.79 Å². The van der Waals surface area contributed by atoms with Crippen LogP contribution in [0.2, 0.25) is 0 Å². The second-order valence-electron chi connectivity index (χ2n) is 7.47. The molecule has 1 aliphatic rings. The minimum atomic E-state index is -0.0191. The van der Waals surface area contributed by atoms with E-state index in [0.717, 1.165) is 18.8 Å². The first-order valence-electron chi connectivity index (χ1n) is 10.4. The van der Waals surface area contributed by atoms with Crippen molar-refractivity contribution in [3.63, 3.8) is 0 Å². The molecule has 0 spiro atoms. The van der Waals surface area contributed by atoms with Crippen LogP contribution in [0.3, 0.4) is 0 Å². The Balaban J connectivity index is 1.69. The second kappa shape index (κ2) is 10.0. The van der Waals surface area contributed by atoms with Crippen molar-refractivity contribution in [2.45, 2.75) is 32.9 Å². The number of nitrogens with one attached hydrogen (secondary N) is 3. The third-order valence-corrected chi connectivity index (χ3v) is 6.63. The van der Waals surface area contributed by atoms with Crippen molar-refractivity contribution in [2.75, 3.05) is 39.3 Å². The Labute approximate surface area is 172 Å². The number of benzene rings is 1. The van der Waals surface area contributed by atoms with Crippen molar-refractivity contribution in [1.29, 1.82) is 0 Å². The lowest BCUT2D eigenvalue weighted by Gasteiger charge is -2.36. The number of rotatable bonds is 8. The highest BCUT2D eigenvalue weighted by atomic mass is 32.1. The minimum absolute atomic E-state index is 0.0191. The highest BCUT2D eigenvalue weighted by Gasteiger charge is 2.35. The molecule has 1 aromatic heterocycles. The van der Waals surface area contributed by atoms with Crippen LogP contribution >= 0.6 is 11.3 Å². The summed E-state index contributed by atoms with van der Waals surface area (Å²) in [5, 5.41) is 5.39. The van der Waals surface area contributed by atoms with Crippen LogP contribution in [0.4, 0.5) is 0 Å². The van der Waals surface area contributed by atoms with Gasteiger partial charge in [-0.25, -0.2) is 0 Å². The van der Waals surface area contributed by atoms with E-state index in [2.05, 4.69) is 36.7 Å². The van der Waals surface area contributed by atoms with Gasteiger partial charge in [0, 0.05) is 5.56 Å². The van der Waals surface area contributed by atoms with Crippen molar-refractivity contribution in [2.24, 2.45) is 0 Å². The summed E-state index contributed by atoms with van der Waals surface area (Å²) in [5.74, 6) is 0.777. The van der Waals surface area contributed by atoms with Crippen LogP contribution in [0, 0.1) is 0 Å². The normalized spacial score (nSPS) is 21.7. The number of carbonyl (C=O) groups is 1. The van der Waals surface area contributed by atoms with E-state index in [4.69, 9.17) is 4.74 Å². The maximum Gasteiger partial charge on any atom is 0.251 e. The molecule has 1 saturated heterocycles. The molecule has 28 heavy (non-hydrogen) atoms. The predicted molar refractivity (Wildman–Crippen MR) is 114 cm³/mol. The van der Waals surface area contributed by atoms with Gasteiger partial charge in [0.2, 0.25) is 0 Å². The van der Waals surface area contributed by atoms with Crippen molar-refractivity contribution in [3.8, 4) is 5.75 Å². The summed E-state index contributed by atoms with van der Waals surface area (Å²) in [6, 6.07) is 12.1. The van der Waals surface area contributed by atoms with Crippen LogP contribution < -0.4 is 19.9 Å². The molecule has 6 heteroatoms. The zero-order valence-corrected chi connectivity index (χ0v) is 18.0. The lowest BCUT2D eigenvalue weighted by atomic mass is 10.0. The number of piperazine rings is 1. The number of ether oxygens (including phenoxy) is 1. The largest absolute Gasteiger partial charge is 0.494 e. The number of likely N-dealkylation sites (N-methyl/N-ethyl adjacent to an activating group) is 1. The van der Waals surface area contributed by atoms with Crippen molar-refractivity contribution < 1.29 is 19.3 Å². The zero-order valence-electron chi connectivity index (χ0n) is 17.2. The Morgan fingerprint density at radius 3 is 2.43 bits per heavy atom. The molecule has 1 aromatic carbocycles. The van der Waals surface area contributed by atoms with E-state index in [1.54, 1.807) is 21.1 Å². The SMILES string of the molecule is CCOc1ccc(C(=O)N[C@H](C)[C@@H](c2cccs2)[NH+]2CC[NH+](CC)CC2)cc1. The number of quaternary nitrogens is 2. The molecule has 2 atom stereocenters. The van der Waals surface area contributed by atoms with Crippen LogP contribution in [0.25, 0.3) is 0 Å². The van der Waals surface area contributed by atoms with Crippen molar-refractivity contribution in [3.05, 3.63) is 52.2 Å². The van der Waals surface area contributed by atoms with Crippen LogP contribution in [0.1, 0.15) is 42.0 Å². The molecule has 2 heterocycles. The van der Waals surface area contributed by atoms with E-state index in [-0.39, 0.29) is 11.9 Å². The number of amides is 1. The molecule has 2 aromatic rings. The molecule has 0 saturated carbocycles. The number of thiophene rings is 1. The summed E-state index contributed by atoms with van der Waals surface area (Å²) < 4.78 is 5.47. The lowest BCUT2D eigenvalue weighted by Crippen LogP contribution is -3.28. The Morgan fingerprint density at radius 1 is 1.14 bits per heavy atom. The molecule has 3 N–H and O–H groups in total. The Bertz CT molecular complexity index is 725. The topological polar surface area (TPSA) is 47.2 Å². The molecule has 0 unspecified atom stereocenters. The first kappa shape index (κ1) is 20.8. The maximum atomic E-state index is 12.8. The van der Waals surface area contributed by atoms with Crippen LogP contribution in [0.15, 0.2) is 41.8 Å². The van der Waals surface area contributed by atoms with Gasteiger partial charge in [-0.15, -0.1) is 11.3 Å². The summed E-state index contributed by atoms with van der Waals surface area (Å²) in [4.78, 5) is 17.4. The maximum absolute atomic E-state index is 12.8. The fraction of sp³-hybridized carbons (Fsp3) is 0.500. The molecule has 5 nitrogen and oxygen atoms in total. The molecule has 1 aliphatic heterocycles. The molecule has 0 radical (unpaired) electrons. The Morgan fingerprint density at radius 2 is 1.86 bits per heavy atom. The van der Waals surface area contributed by atoms with E-state index < -0.39 is 0 Å². The van der Waals surface area contributed by atoms with Crippen molar-refractivity contribution >= 4 is 17.2 Å². The van der Waals surface area contributed by atoms with Gasteiger partial charge >= 0.3 is 0 Å². The van der Waals surface area contributed by atoms with Crippen LogP contribution in [0.5, 0.6) is 5.75 Å². The summed E-state index contributed by atoms with van der Waals surface area (Å²) in [6.07, 6.45) is 0. The second-order valence-corrected chi connectivity index (χ2v) is 8.45. The smallest absolute Gasteiger partial charge is 0.251 e. The molecule has 0 bridgehead atoms. The van der Waals surface area contributed by atoms with E-state index >= 15 is 0 Å². The summed E-state index contributed by atoms with van der Waals surface area (Å²) >= 11 is 1.79. The van der Waals surface area contributed by atoms with Gasteiger partial charge in [-0.1, -0.05) is 6.07 Å². The molecule has 0 aliphatic carbocycles. The van der Waals surface area contributed by atoms with E-state index in [0.29, 0.717) is 18.2 Å².